The quantitative estimate of drug-likeness (QED) is 0.473. The molecule has 150 valence electrons. The van der Waals surface area contributed by atoms with Crippen molar-refractivity contribution in [2.45, 2.75) is 120 Å². The molecule has 0 saturated heterocycles. The van der Waals surface area contributed by atoms with Gasteiger partial charge in [0.25, 0.3) is 0 Å². The molecule has 0 aromatic heterocycles. The van der Waals surface area contributed by atoms with E-state index in [0.29, 0.717) is 6.42 Å². The number of ether oxygens (including phenoxy) is 2. The summed E-state index contributed by atoms with van der Waals surface area (Å²) in [6.07, 6.45) is 2.51. The predicted molar refractivity (Wildman–Crippen MR) is 107 cm³/mol. The fourth-order valence-electron chi connectivity index (χ4n) is 3.42. The molecule has 0 aliphatic carbocycles. The van der Waals surface area contributed by atoms with Crippen LogP contribution in [0.15, 0.2) is 0 Å². The third kappa shape index (κ3) is 7.68. The van der Waals surface area contributed by atoms with Crippen LogP contribution in [-0.2, 0) is 14.3 Å². The van der Waals surface area contributed by atoms with Crippen LogP contribution in [0.1, 0.15) is 102 Å². The van der Waals surface area contributed by atoms with E-state index >= 15 is 0 Å². The summed E-state index contributed by atoms with van der Waals surface area (Å²) in [6.45, 7) is 25.2. The van der Waals surface area contributed by atoms with Crippen molar-refractivity contribution in [1.82, 2.24) is 0 Å². The molecule has 0 N–H and O–H groups in total. The van der Waals surface area contributed by atoms with Crippen LogP contribution in [0.3, 0.4) is 0 Å². The fraction of sp³-hybridized carbons (Fsp3) is 0.955. The Bertz CT molecular complexity index is 428. The molecule has 0 aromatic carbocycles. The summed E-state index contributed by atoms with van der Waals surface area (Å²) >= 11 is 0. The lowest BCUT2D eigenvalue weighted by molar-refractivity contribution is -0.183. The third-order valence-corrected chi connectivity index (χ3v) is 5.30. The van der Waals surface area contributed by atoms with Crippen LogP contribution in [0.2, 0.25) is 0 Å². The Morgan fingerprint density at radius 2 is 1.40 bits per heavy atom. The lowest BCUT2D eigenvalue weighted by Crippen LogP contribution is -2.48. The first-order valence-corrected chi connectivity index (χ1v) is 9.85. The molecule has 3 unspecified atom stereocenters. The summed E-state index contributed by atoms with van der Waals surface area (Å²) in [5, 5.41) is 0. The molecule has 0 amide bonds. The minimum atomic E-state index is -0.538. The van der Waals surface area contributed by atoms with Gasteiger partial charge in [0.05, 0.1) is 17.6 Å². The molecular weight excluding hydrogens is 312 g/mol. The summed E-state index contributed by atoms with van der Waals surface area (Å²) in [4.78, 5) is 13.3. The molecule has 3 atom stereocenters. The predicted octanol–water partition coefficient (Wildman–Crippen LogP) is 6.39. The van der Waals surface area contributed by atoms with E-state index in [0.717, 1.165) is 12.8 Å². The van der Waals surface area contributed by atoms with E-state index in [1.54, 1.807) is 0 Å². The van der Waals surface area contributed by atoms with Gasteiger partial charge in [0.2, 0.25) is 0 Å². The maximum atomic E-state index is 13.3. The Morgan fingerprint density at radius 3 is 1.72 bits per heavy atom. The van der Waals surface area contributed by atoms with Gasteiger partial charge in [-0.2, -0.15) is 0 Å². The summed E-state index contributed by atoms with van der Waals surface area (Å²) in [7, 11) is 0. The van der Waals surface area contributed by atoms with E-state index in [9.17, 15) is 4.79 Å². The first-order valence-electron chi connectivity index (χ1n) is 9.85. The van der Waals surface area contributed by atoms with Crippen LogP contribution in [-0.4, -0.2) is 23.8 Å². The van der Waals surface area contributed by atoms with E-state index in [2.05, 4.69) is 62.3 Å². The highest BCUT2D eigenvalue weighted by Crippen LogP contribution is 2.48. The Morgan fingerprint density at radius 1 is 0.920 bits per heavy atom. The van der Waals surface area contributed by atoms with Crippen molar-refractivity contribution in [2.24, 2.45) is 16.2 Å². The zero-order chi connectivity index (χ0) is 20.3. The van der Waals surface area contributed by atoms with Gasteiger partial charge in [0, 0.05) is 6.42 Å². The number of carbonyl (C=O) groups excluding carboxylic acids is 1. The lowest BCUT2D eigenvalue weighted by Gasteiger charge is -2.45. The number of carbonyl (C=O) groups is 1. The Labute approximate surface area is 157 Å². The molecule has 0 bridgehead atoms. The van der Waals surface area contributed by atoms with Crippen molar-refractivity contribution in [2.75, 3.05) is 0 Å². The number of hydrogen-bond donors (Lipinski definition) is 0. The van der Waals surface area contributed by atoms with Crippen LogP contribution in [0.25, 0.3) is 0 Å². The summed E-state index contributed by atoms with van der Waals surface area (Å²) in [6, 6.07) is 0. The summed E-state index contributed by atoms with van der Waals surface area (Å²) in [5.41, 5.74) is -1.16. The second-order valence-corrected chi connectivity index (χ2v) is 10.7. The first kappa shape index (κ1) is 24.4. The smallest absolute Gasteiger partial charge is 0.312 e. The topological polar surface area (TPSA) is 35.5 Å². The molecule has 0 aromatic rings. The monoisotopic (exact) mass is 356 g/mol. The molecular formula is C22H44O3. The largest absolute Gasteiger partial charge is 0.459 e. The summed E-state index contributed by atoms with van der Waals surface area (Å²) in [5.74, 6) is -0.0870. The Hall–Kier alpha value is -0.570. The van der Waals surface area contributed by atoms with Crippen molar-refractivity contribution in [3.05, 3.63) is 0 Å². The molecule has 0 saturated carbocycles. The van der Waals surface area contributed by atoms with Crippen LogP contribution in [0.4, 0.5) is 0 Å². The SMILES string of the molecule is CCC(C)(CC(C)OC(C)C)OC(=O)C(C)(CC(C)(C)C)C(C)(C)C. The van der Waals surface area contributed by atoms with Gasteiger partial charge < -0.3 is 9.47 Å². The van der Waals surface area contributed by atoms with Crippen molar-refractivity contribution in [1.29, 1.82) is 0 Å². The van der Waals surface area contributed by atoms with Crippen LogP contribution in [0.5, 0.6) is 0 Å². The van der Waals surface area contributed by atoms with E-state index in [4.69, 9.17) is 9.47 Å². The molecule has 0 fully saturated rings. The van der Waals surface area contributed by atoms with Gasteiger partial charge in [-0.1, -0.05) is 48.5 Å². The van der Waals surface area contributed by atoms with Gasteiger partial charge in [-0.25, -0.2) is 0 Å². The van der Waals surface area contributed by atoms with E-state index in [-0.39, 0.29) is 29.0 Å². The zero-order valence-electron chi connectivity index (χ0n) is 19.0. The molecule has 0 rings (SSSR count). The maximum Gasteiger partial charge on any atom is 0.312 e. The number of esters is 1. The van der Waals surface area contributed by atoms with Gasteiger partial charge in [-0.05, 0) is 58.3 Å². The van der Waals surface area contributed by atoms with Gasteiger partial charge in [0.1, 0.15) is 5.60 Å². The van der Waals surface area contributed by atoms with Crippen molar-refractivity contribution < 1.29 is 14.3 Å². The number of rotatable bonds is 8. The minimum Gasteiger partial charge on any atom is -0.459 e. The van der Waals surface area contributed by atoms with E-state index < -0.39 is 11.0 Å². The van der Waals surface area contributed by atoms with Crippen LogP contribution >= 0.6 is 0 Å². The third-order valence-electron chi connectivity index (χ3n) is 5.30. The fourth-order valence-corrected chi connectivity index (χ4v) is 3.42. The molecule has 3 nitrogen and oxygen atoms in total. The van der Waals surface area contributed by atoms with Crippen molar-refractivity contribution in [3.8, 4) is 0 Å². The minimum absolute atomic E-state index is 0.0533. The molecule has 3 heteroatoms. The summed E-state index contributed by atoms with van der Waals surface area (Å²) < 4.78 is 12.0. The average molecular weight is 357 g/mol. The highest BCUT2D eigenvalue weighted by atomic mass is 16.6. The standard InChI is InChI=1S/C22H44O3/c1-13-21(11,14-17(4)24-16(2)3)25-18(23)22(12,20(8,9)10)15-19(5,6)7/h16-17H,13-15H2,1-12H3. The van der Waals surface area contributed by atoms with Crippen LogP contribution in [0, 0.1) is 16.2 Å². The molecule has 0 aliphatic heterocycles. The van der Waals surface area contributed by atoms with Crippen molar-refractivity contribution in [3.63, 3.8) is 0 Å². The molecule has 25 heavy (non-hydrogen) atoms. The van der Waals surface area contributed by atoms with Crippen LogP contribution < -0.4 is 0 Å². The zero-order valence-corrected chi connectivity index (χ0v) is 19.0. The maximum absolute atomic E-state index is 13.3. The van der Waals surface area contributed by atoms with Gasteiger partial charge in [-0.3, -0.25) is 4.79 Å². The average Bonchev–Trinajstić information content (AvgIpc) is 2.33. The Balaban J connectivity index is 5.43. The van der Waals surface area contributed by atoms with E-state index in [1.165, 1.54) is 0 Å². The molecule has 0 aliphatic rings. The normalized spacial score (nSPS) is 19.2. The number of hydrogen-bond acceptors (Lipinski definition) is 3. The van der Waals surface area contributed by atoms with Gasteiger partial charge in [0.15, 0.2) is 0 Å². The van der Waals surface area contributed by atoms with Gasteiger partial charge in [-0.15, -0.1) is 0 Å². The van der Waals surface area contributed by atoms with E-state index in [1.807, 2.05) is 20.8 Å². The lowest BCUT2D eigenvalue weighted by atomic mass is 9.61. The molecule has 0 radical (unpaired) electrons. The highest BCUT2D eigenvalue weighted by molar-refractivity contribution is 5.78. The highest BCUT2D eigenvalue weighted by Gasteiger charge is 2.49. The second kappa shape index (κ2) is 8.41. The van der Waals surface area contributed by atoms with Gasteiger partial charge >= 0.3 is 5.97 Å². The van der Waals surface area contributed by atoms with Crippen molar-refractivity contribution >= 4 is 5.97 Å². The molecule has 0 heterocycles. The molecule has 0 spiro atoms. The second-order valence-electron chi connectivity index (χ2n) is 10.7. The Kier molecular flexibility index (Phi) is 8.22. The first-order chi connectivity index (χ1) is 11.0.